The van der Waals surface area contributed by atoms with Gasteiger partial charge in [-0.2, -0.15) is 0 Å². The van der Waals surface area contributed by atoms with Gasteiger partial charge < -0.3 is 5.11 Å². The number of nitrogens with zero attached hydrogens (tertiary/aromatic N) is 1. The molecule has 0 saturated carbocycles. The quantitative estimate of drug-likeness (QED) is 0.663. The van der Waals surface area contributed by atoms with Gasteiger partial charge in [0.15, 0.2) is 0 Å². The zero-order chi connectivity index (χ0) is 13.2. The molecule has 1 aromatic rings. The third-order valence-electron chi connectivity index (χ3n) is 2.54. The highest BCUT2D eigenvalue weighted by Crippen LogP contribution is 2.32. The zero-order valence-corrected chi connectivity index (χ0v) is 10.2. The first kappa shape index (κ1) is 13.4. The Balaban J connectivity index is 3.56. The van der Waals surface area contributed by atoms with Gasteiger partial charge in [0.1, 0.15) is 0 Å². The molecule has 0 spiro atoms. The largest absolute Gasteiger partial charge is 0.478 e. The highest BCUT2D eigenvalue weighted by molar-refractivity contribution is 6.34. The number of nitro groups is 1. The molecule has 1 N–H and O–H groups in total. The van der Waals surface area contributed by atoms with Crippen LogP contribution in [0.5, 0.6) is 0 Å². The predicted molar refractivity (Wildman–Crippen MR) is 63.8 cm³/mol. The van der Waals surface area contributed by atoms with Crippen LogP contribution in [0.1, 0.15) is 34.8 Å². The van der Waals surface area contributed by atoms with Crippen molar-refractivity contribution in [1.82, 2.24) is 0 Å². The molecule has 0 atom stereocenters. The second kappa shape index (κ2) is 5.14. The minimum absolute atomic E-state index is 0.0755. The molecule has 0 fully saturated rings. The lowest BCUT2D eigenvalue weighted by molar-refractivity contribution is -0.385. The van der Waals surface area contributed by atoms with Crippen LogP contribution in [-0.2, 0) is 6.42 Å². The van der Waals surface area contributed by atoms with Gasteiger partial charge in [0.05, 0.1) is 15.5 Å². The molecule has 0 radical (unpaired) electrons. The zero-order valence-electron chi connectivity index (χ0n) is 9.49. The summed E-state index contributed by atoms with van der Waals surface area (Å²) in [5.74, 6) is -1.26. The molecule has 0 amide bonds. The first-order valence-electron chi connectivity index (χ1n) is 5.09. The number of carboxylic acid groups (broad SMARTS) is 1. The monoisotopic (exact) mass is 257 g/mol. The van der Waals surface area contributed by atoms with Gasteiger partial charge >= 0.3 is 5.97 Å². The summed E-state index contributed by atoms with van der Waals surface area (Å²) in [6.45, 7) is 3.49. The van der Waals surface area contributed by atoms with Crippen LogP contribution in [0.25, 0.3) is 0 Å². The van der Waals surface area contributed by atoms with Crippen molar-refractivity contribution in [3.05, 3.63) is 37.9 Å². The van der Waals surface area contributed by atoms with Gasteiger partial charge in [-0.15, -0.1) is 0 Å². The number of aromatic carboxylic acids is 1. The van der Waals surface area contributed by atoms with Crippen molar-refractivity contribution in [3.8, 4) is 0 Å². The summed E-state index contributed by atoms with van der Waals surface area (Å²) in [7, 11) is 0. The van der Waals surface area contributed by atoms with E-state index in [1.54, 1.807) is 6.92 Å². The van der Waals surface area contributed by atoms with E-state index < -0.39 is 10.9 Å². The molecule has 5 nitrogen and oxygen atoms in total. The fourth-order valence-corrected chi connectivity index (χ4v) is 1.95. The summed E-state index contributed by atoms with van der Waals surface area (Å²) in [6, 6.07) is 1.03. The van der Waals surface area contributed by atoms with Gasteiger partial charge in [-0.3, -0.25) is 10.1 Å². The average molecular weight is 258 g/mol. The van der Waals surface area contributed by atoms with E-state index in [0.29, 0.717) is 17.5 Å². The second-order valence-corrected chi connectivity index (χ2v) is 4.05. The van der Waals surface area contributed by atoms with Crippen LogP contribution in [0, 0.1) is 17.0 Å². The lowest BCUT2D eigenvalue weighted by Gasteiger charge is -2.10. The highest BCUT2D eigenvalue weighted by Gasteiger charge is 2.23. The molecule has 6 heteroatoms. The molecule has 0 heterocycles. The molecule has 0 aliphatic heterocycles. The number of nitro benzene ring substituents is 1. The van der Waals surface area contributed by atoms with Crippen LogP contribution < -0.4 is 0 Å². The number of carboxylic acids is 1. The maximum absolute atomic E-state index is 10.9. The lowest BCUT2D eigenvalue weighted by Crippen LogP contribution is -2.05. The van der Waals surface area contributed by atoms with E-state index in [2.05, 4.69) is 0 Å². The van der Waals surface area contributed by atoms with Crippen LogP contribution in [0.3, 0.4) is 0 Å². The molecular formula is C11H12ClNO4. The Kier molecular flexibility index (Phi) is 4.07. The summed E-state index contributed by atoms with van der Waals surface area (Å²) in [6.07, 6.45) is 1.23. The van der Waals surface area contributed by atoms with Crippen molar-refractivity contribution in [1.29, 1.82) is 0 Å². The Hall–Kier alpha value is -1.62. The Morgan fingerprint density at radius 2 is 2.18 bits per heavy atom. The number of halogens is 1. The fourth-order valence-electron chi connectivity index (χ4n) is 1.70. The number of hydrogen-bond donors (Lipinski definition) is 1. The van der Waals surface area contributed by atoms with Crippen LogP contribution in [0.15, 0.2) is 6.07 Å². The van der Waals surface area contributed by atoms with Crippen molar-refractivity contribution in [3.63, 3.8) is 0 Å². The van der Waals surface area contributed by atoms with Crippen LogP contribution in [0.2, 0.25) is 5.02 Å². The molecule has 1 rings (SSSR count). The fraction of sp³-hybridized carbons (Fsp3) is 0.364. The molecule has 92 valence electrons. The third-order valence-corrected chi connectivity index (χ3v) is 3.02. The van der Waals surface area contributed by atoms with E-state index in [0.717, 1.165) is 12.5 Å². The Morgan fingerprint density at radius 1 is 1.59 bits per heavy atom. The van der Waals surface area contributed by atoms with E-state index in [1.165, 1.54) is 0 Å². The van der Waals surface area contributed by atoms with Gasteiger partial charge in [0, 0.05) is 11.6 Å². The molecule has 0 aliphatic rings. The first-order chi connectivity index (χ1) is 7.90. The molecule has 0 unspecified atom stereocenters. The molecule has 0 bridgehead atoms. The van der Waals surface area contributed by atoms with E-state index in [4.69, 9.17) is 16.7 Å². The Labute approximate surface area is 103 Å². The normalized spacial score (nSPS) is 10.3. The van der Waals surface area contributed by atoms with Crippen molar-refractivity contribution in [2.24, 2.45) is 0 Å². The SMILES string of the molecule is CCCc1c([N+](=O)[O-])cc(C(=O)O)c(Cl)c1C. The average Bonchev–Trinajstić information content (AvgIpc) is 2.24. The lowest BCUT2D eigenvalue weighted by atomic mass is 9.99. The summed E-state index contributed by atoms with van der Waals surface area (Å²) >= 11 is 5.90. The smallest absolute Gasteiger partial charge is 0.337 e. The molecule has 17 heavy (non-hydrogen) atoms. The molecular weight excluding hydrogens is 246 g/mol. The minimum atomic E-state index is -1.26. The summed E-state index contributed by atoms with van der Waals surface area (Å²) in [5, 5.41) is 19.9. The maximum atomic E-state index is 10.9. The summed E-state index contributed by atoms with van der Waals surface area (Å²) in [5.41, 5.74) is 0.578. The standard InChI is InChI=1S/C11H12ClNO4/c1-3-4-7-6(2)10(12)8(11(14)15)5-9(7)13(16)17/h5H,3-4H2,1-2H3,(H,14,15). The van der Waals surface area contributed by atoms with Crippen molar-refractivity contribution in [2.45, 2.75) is 26.7 Å². The van der Waals surface area contributed by atoms with Gasteiger partial charge in [-0.05, 0) is 18.9 Å². The van der Waals surface area contributed by atoms with Gasteiger partial charge in [-0.1, -0.05) is 24.9 Å². The van der Waals surface area contributed by atoms with Crippen LogP contribution in [-0.4, -0.2) is 16.0 Å². The van der Waals surface area contributed by atoms with E-state index in [9.17, 15) is 14.9 Å². The molecule has 0 aromatic heterocycles. The van der Waals surface area contributed by atoms with E-state index >= 15 is 0 Å². The van der Waals surface area contributed by atoms with Gasteiger partial charge in [0.25, 0.3) is 5.69 Å². The van der Waals surface area contributed by atoms with Gasteiger partial charge in [-0.25, -0.2) is 4.79 Å². The minimum Gasteiger partial charge on any atom is -0.478 e. The Bertz CT molecular complexity index is 485. The summed E-state index contributed by atoms with van der Waals surface area (Å²) < 4.78 is 0. The first-order valence-corrected chi connectivity index (χ1v) is 5.47. The highest BCUT2D eigenvalue weighted by atomic mass is 35.5. The topological polar surface area (TPSA) is 80.4 Å². The number of benzene rings is 1. The molecule has 1 aromatic carbocycles. The molecule has 0 saturated heterocycles. The Morgan fingerprint density at radius 3 is 2.59 bits per heavy atom. The van der Waals surface area contributed by atoms with Crippen molar-refractivity contribution >= 4 is 23.3 Å². The van der Waals surface area contributed by atoms with Crippen LogP contribution >= 0.6 is 11.6 Å². The van der Waals surface area contributed by atoms with Gasteiger partial charge in [0.2, 0.25) is 0 Å². The molecule has 0 aliphatic carbocycles. The summed E-state index contributed by atoms with van der Waals surface area (Å²) in [4.78, 5) is 21.2. The van der Waals surface area contributed by atoms with E-state index in [1.807, 2.05) is 6.92 Å². The number of carbonyl (C=O) groups is 1. The second-order valence-electron chi connectivity index (χ2n) is 3.67. The van der Waals surface area contributed by atoms with Crippen molar-refractivity contribution < 1.29 is 14.8 Å². The third kappa shape index (κ3) is 2.55. The number of rotatable bonds is 4. The van der Waals surface area contributed by atoms with Crippen molar-refractivity contribution in [2.75, 3.05) is 0 Å². The maximum Gasteiger partial charge on any atom is 0.337 e. The predicted octanol–water partition coefficient (Wildman–Crippen LogP) is 3.21. The van der Waals surface area contributed by atoms with Crippen LogP contribution in [0.4, 0.5) is 5.69 Å². The van der Waals surface area contributed by atoms with E-state index in [-0.39, 0.29) is 16.3 Å². The number of hydrogen-bond acceptors (Lipinski definition) is 3.